The fourth-order valence-corrected chi connectivity index (χ4v) is 2.39. The summed E-state index contributed by atoms with van der Waals surface area (Å²) < 4.78 is 0. The van der Waals surface area contributed by atoms with Crippen LogP contribution in [0.1, 0.15) is 37.3 Å². The summed E-state index contributed by atoms with van der Waals surface area (Å²) in [5, 5.41) is 6.58. The third-order valence-corrected chi connectivity index (χ3v) is 3.29. The van der Waals surface area contributed by atoms with Crippen LogP contribution in [0.5, 0.6) is 0 Å². The quantitative estimate of drug-likeness (QED) is 0.554. The summed E-state index contributed by atoms with van der Waals surface area (Å²) in [4.78, 5) is 12.9. The number of nitrogen functional groups attached to an aromatic ring is 1. The van der Waals surface area contributed by atoms with Gasteiger partial charge in [-0.25, -0.2) is 20.8 Å². The van der Waals surface area contributed by atoms with Crippen molar-refractivity contribution in [3.8, 4) is 11.6 Å². The van der Waals surface area contributed by atoms with Crippen LogP contribution in [0.2, 0.25) is 0 Å². The molecule has 3 rings (SSSR count). The Balaban J connectivity index is 2.01. The Morgan fingerprint density at radius 2 is 2.11 bits per heavy atom. The average Bonchev–Trinajstić information content (AvgIpc) is 3.10. The molecule has 1 saturated carbocycles. The lowest BCUT2D eigenvalue weighted by molar-refractivity contribution is 0.695. The molecule has 0 amide bonds. The predicted octanol–water partition coefficient (Wildman–Crippen LogP) is 1.20. The Morgan fingerprint density at radius 1 is 1.28 bits per heavy atom. The van der Waals surface area contributed by atoms with E-state index in [-0.39, 0.29) is 0 Å². The minimum atomic E-state index is 0.502. The molecule has 0 atom stereocenters. The summed E-state index contributed by atoms with van der Waals surface area (Å²) in [6.07, 6.45) is 6.32. The molecule has 7 nitrogen and oxygen atoms in total. The molecule has 2 aromatic heterocycles. The lowest BCUT2D eigenvalue weighted by Crippen LogP contribution is -2.11. The number of hydrogen-bond acceptors (Lipinski definition) is 6. The van der Waals surface area contributed by atoms with Gasteiger partial charge in [0.1, 0.15) is 12.1 Å². The van der Waals surface area contributed by atoms with Crippen molar-refractivity contribution in [2.75, 3.05) is 5.43 Å². The zero-order valence-electron chi connectivity index (χ0n) is 9.93. The Morgan fingerprint density at radius 3 is 2.78 bits per heavy atom. The van der Waals surface area contributed by atoms with Gasteiger partial charge in [0.15, 0.2) is 11.6 Å². The molecule has 1 fully saturated rings. The summed E-state index contributed by atoms with van der Waals surface area (Å²) in [5.41, 5.74) is 3.61. The number of aromatic nitrogens is 5. The zero-order valence-corrected chi connectivity index (χ0v) is 9.93. The fourth-order valence-electron chi connectivity index (χ4n) is 2.39. The van der Waals surface area contributed by atoms with Crippen molar-refractivity contribution in [1.82, 2.24) is 25.1 Å². The molecule has 0 saturated heterocycles. The largest absolute Gasteiger partial charge is 0.308 e. The Labute approximate surface area is 104 Å². The van der Waals surface area contributed by atoms with Crippen LogP contribution < -0.4 is 11.3 Å². The maximum Gasteiger partial charge on any atom is 0.199 e. The molecule has 0 aliphatic heterocycles. The van der Waals surface area contributed by atoms with Crippen LogP contribution in [0, 0.1) is 0 Å². The molecular formula is C11H15N7. The van der Waals surface area contributed by atoms with Crippen LogP contribution in [-0.4, -0.2) is 25.1 Å². The maximum atomic E-state index is 5.45. The monoisotopic (exact) mass is 245 g/mol. The highest BCUT2D eigenvalue weighted by atomic mass is 15.3. The minimum Gasteiger partial charge on any atom is -0.308 e. The van der Waals surface area contributed by atoms with Crippen molar-refractivity contribution in [3.05, 3.63) is 18.1 Å². The van der Waals surface area contributed by atoms with Crippen LogP contribution in [0.25, 0.3) is 11.6 Å². The molecule has 94 valence electrons. The molecule has 0 unspecified atom stereocenters. The smallest absolute Gasteiger partial charge is 0.199 e. The number of hydrazine groups is 1. The third kappa shape index (κ3) is 2.04. The topological polar surface area (TPSA) is 105 Å². The molecule has 2 heterocycles. The van der Waals surface area contributed by atoms with E-state index in [1.54, 1.807) is 0 Å². The van der Waals surface area contributed by atoms with Gasteiger partial charge in [0, 0.05) is 17.7 Å². The van der Waals surface area contributed by atoms with Crippen LogP contribution >= 0.6 is 0 Å². The molecule has 2 aromatic rings. The average molecular weight is 245 g/mol. The molecule has 1 aliphatic carbocycles. The summed E-state index contributed by atoms with van der Waals surface area (Å²) in [5.74, 6) is 7.66. The SMILES string of the molecule is NNc1cc(C2CCCC2)nc(-c2ncn[nH]2)n1. The zero-order chi connectivity index (χ0) is 12.4. The Kier molecular flexibility index (Phi) is 2.89. The van der Waals surface area contributed by atoms with E-state index in [4.69, 9.17) is 5.84 Å². The number of nitrogens with one attached hydrogen (secondary N) is 2. The van der Waals surface area contributed by atoms with E-state index in [0.29, 0.717) is 23.4 Å². The number of aromatic amines is 1. The standard InChI is InChI=1S/C11H15N7/c12-17-9-5-8(7-3-1-2-4-7)15-11(16-9)10-13-6-14-18-10/h5-7H,1-4,12H2,(H,13,14,18)(H,15,16,17). The van der Waals surface area contributed by atoms with E-state index in [1.807, 2.05) is 6.07 Å². The van der Waals surface area contributed by atoms with E-state index < -0.39 is 0 Å². The summed E-state index contributed by atoms with van der Waals surface area (Å²) in [6.45, 7) is 0. The number of hydrogen-bond donors (Lipinski definition) is 3. The summed E-state index contributed by atoms with van der Waals surface area (Å²) in [6, 6.07) is 1.91. The molecule has 0 bridgehead atoms. The van der Waals surface area contributed by atoms with Crippen LogP contribution in [0.15, 0.2) is 12.4 Å². The molecular weight excluding hydrogens is 230 g/mol. The van der Waals surface area contributed by atoms with Gasteiger partial charge >= 0.3 is 0 Å². The number of rotatable bonds is 3. The third-order valence-electron chi connectivity index (χ3n) is 3.29. The van der Waals surface area contributed by atoms with Crippen molar-refractivity contribution in [1.29, 1.82) is 0 Å². The van der Waals surface area contributed by atoms with E-state index in [1.165, 1.54) is 32.0 Å². The molecule has 0 aromatic carbocycles. The lowest BCUT2D eigenvalue weighted by Gasteiger charge is -2.11. The molecule has 18 heavy (non-hydrogen) atoms. The van der Waals surface area contributed by atoms with Gasteiger partial charge in [-0.2, -0.15) is 5.10 Å². The van der Waals surface area contributed by atoms with E-state index in [0.717, 1.165) is 5.69 Å². The van der Waals surface area contributed by atoms with Crippen LogP contribution in [0.3, 0.4) is 0 Å². The van der Waals surface area contributed by atoms with Crippen LogP contribution in [-0.2, 0) is 0 Å². The van der Waals surface area contributed by atoms with Gasteiger partial charge in [0.25, 0.3) is 0 Å². The first-order valence-corrected chi connectivity index (χ1v) is 6.08. The van der Waals surface area contributed by atoms with E-state index >= 15 is 0 Å². The van der Waals surface area contributed by atoms with Gasteiger partial charge in [-0.15, -0.1) is 0 Å². The van der Waals surface area contributed by atoms with Gasteiger partial charge in [-0.3, -0.25) is 5.10 Å². The number of nitrogens with zero attached hydrogens (tertiary/aromatic N) is 4. The number of anilines is 1. The second-order valence-electron chi connectivity index (χ2n) is 4.46. The second-order valence-corrected chi connectivity index (χ2v) is 4.46. The van der Waals surface area contributed by atoms with Crippen LogP contribution in [0.4, 0.5) is 5.82 Å². The second kappa shape index (κ2) is 4.69. The molecule has 0 radical (unpaired) electrons. The Hall–Kier alpha value is -2.02. The van der Waals surface area contributed by atoms with E-state index in [2.05, 4.69) is 30.6 Å². The normalized spacial score (nSPS) is 16.1. The molecule has 1 aliphatic rings. The van der Waals surface area contributed by atoms with Gasteiger partial charge in [-0.1, -0.05) is 12.8 Å². The molecule has 4 N–H and O–H groups in total. The molecule has 0 spiro atoms. The highest BCUT2D eigenvalue weighted by Gasteiger charge is 2.20. The molecule has 7 heteroatoms. The number of H-pyrrole nitrogens is 1. The first-order chi connectivity index (χ1) is 8.86. The van der Waals surface area contributed by atoms with Gasteiger partial charge in [0.2, 0.25) is 0 Å². The van der Waals surface area contributed by atoms with Gasteiger partial charge < -0.3 is 5.43 Å². The summed E-state index contributed by atoms with van der Waals surface area (Å²) in [7, 11) is 0. The van der Waals surface area contributed by atoms with Crippen molar-refractivity contribution in [2.24, 2.45) is 5.84 Å². The van der Waals surface area contributed by atoms with Crippen molar-refractivity contribution in [2.45, 2.75) is 31.6 Å². The van der Waals surface area contributed by atoms with E-state index in [9.17, 15) is 0 Å². The first-order valence-electron chi connectivity index (χ1n) is 6.08. The maximum absolute atomic E-state index is 5.45. The number of nitrogens with two attached hydrogens (primary N) is 1. The lowest BCUT2D eigenvalue weighted by atomic mass is 10.0. The first kappa shape index (κ1) is 11.1. The Bertz CT molecular complexity index is 516. The minimum absolute atomic E-state index is 0.502. The summed E-state index contributed by atoms with van der Waals surface area (Å²) >= 11 is 0. The van der Waals surface area contributed by atoms with Crippen molar-refractivity contribution in [3.63, 3.8) is 0 Å². The van der Waals surface area contributed by atoms with Gasteiger partial charge in [0.05, 0.1) is 0 Å². The van der Waals surface area contributed by atoms with Gasteiger partial charge in [-0.05, 0) is 12.8 Å². The highest BCUT2D eigenvalue weighted by Crippen LogP contribution is 2.34. The van der Waals surface area contributed by atoms with Crippen molar-refractivity contribution < 1.29 is 0 Å². The highest BCUT2D eigenvalue weighted by molar-refractivity contribution is 5.48. The van der Waals surface area contributed by atoms with Crippen molar-refractivity contribution >= 4 is 5.82 Å². The predicted molar refractivity (Wildman–Crippen MR) is 66.4 cm³/mol. The fraction of sp³-hybridized carbons (Fsp3) is 0.455.